The zero-order chi connectivity index (χ0) is 12.6. The van der Waals surface area contributed by atoms with E-state index >= 15 is 0 Å². The zero-order valence-corrected chi connectivity index (χ0v) is 11.1. The Morgan fingerprint density at radius 1 is 1.53 bits per heavy atom. The van der Waals surface area contributed by atoms with Crippen molar-refractivity contribution in [1.82, 2.24) is 4.90 Å². The monoisotopic (exact) mass is 235 g/mol. The van der Waals surface area contributed by atoms with E-state index in [1.54, 1.807) is 0 Å². The van der Waals surface area contributed by atoms with Crippen LogP contribution in [0.3, 0.4) is 0 Å². The Morgan fingerprint density at radius 2 is 2.24 bits per heavy atom. The highest BCUT2D eigenvalue weighted by molar-refractivity contribution is 6.11. The van der Waals surface area contributed by atoms with Crippen molar-refractivity contribution in [3.8, 4) is 0 Å². The van der Waals surface area contributed by atoms with Crippen LogP contribution in [0, 0.1) is 11.8 Å². The molecule has 2 fully saturated rings. The molecular formula is C13H22BNO2. The van der Waals surface area contributed by atoms with Gasteiger partial charge >= 0.3 is 6.09 Å². The average molecular weight is 235 g/mol. The summed E-state index contributed by atoms with van der Waals surface area (Å²) in [7, 11) is 7.57. The topological polar surface area (TPSA) is 29.5 Å². The SMILES string of the molecule is [B]C1CCN(C(=O)OC)C2(C1)CC(C)C2CC. The maximum Gasteiger partial charge on any atom is 0.409 e. The smallest absolute Gasteiger partial charge is 0.409 e. The van der Waals surface area contributed by atoms with Gasteiger partial charge in [-0.2, -0.15) is 0 Å². The second-order valence-electron chi connectivity index (χ2n) is 5.67. The molecule has 4 heteroatoms. The van der Waals surface area contributed by atoms with Crippen LogP contribution in [0.4, 0.5) is 4.79 Å². The second kappa shape index (κ2) is 4.54. The van der Waals surface area contributed by atoms with Crippen molar-refractivity contribution in [3.05, 3.63) is 0 Å². The van der Waals surface area contributed by atoms with Gasteiger partial charge in [-0.1, -0.05) is 26.1 Å². The molecule has 1 aliphatic heterocycles. The molecule has 17 heavy (non-hydrogen) atoms. The van der Waals surface area contributed by atoms with Crippen LogP contribution in [0.25, 0.3) is 0 Å². The van der Waals surface area contributed by atoms with Gasteiger partial charge in [0.2, 0.25) is 0 Å². The summed E-state index contributed by atoms with van der Waals surface area (Å²) >= 11 is 0. The van der Waals surface area contributed by atoms with Crippen LogP contribution in [0.2, 0.25) is 5.82 Å². The summed E-state index contributed by atoms with van der Waals surface area (Å²) in [5.41, 5.74) is -0.0150. The highest BCUT2D eigenvalue weighted by Crippen LogP contribution is 2.55. The fourth-order valence-corrected chi connectivity index (χ4v) is 4.11. The van der Waals surface area contributed by atoms with E-state index in [9.17, 15) is 4.79 Å². The molecule has 1 saturated heterocycles. The van der Waals surface area contributed by atoms with Gasteiger partial charge in [0.15, 0.2) is 0 Å². The number of carbonyl (C=O) groups is 1. The van der Waals surface area contributed by atoms with Crippen LogP contribution in [0.15, 0.2) is 0 Å². The molecule has 2 rings (SSSR count). The lowest BCUT2D eigenvalue weighted by Gasteiger charge is -2.62. The van der Waals surface area contributed by atoms with Crippen molar-refractivity contribution in [1.29, 1.82) is 0 Å². The quantitative estimate of drug-likeness (QED) is 0.654. The van der Waals surface area contributed by atoms with Crippen molar-refractivity contribution in [3.63, 3.8) is 0 Å². The molecule has 1 spiro atoms. The van der Waals surface area contributed by atoms with Gasteiger partial charge in [0.25, 0.3) is 0 Å². The number of methoxy groups -OCH3 is 1. The van der Waals surface area contributed by atoms with Crippen LogP contribution in [0.5, 0.6) is 0 Å². The molecule has 3 nitrogen and oxygen atoms in total. The standard InChI is InChI=1S/C13H22BNO2/c1-4-11-9(2)7-13(11)8-10(14)5-6-15(13)12(16)17-3/h9-11H,4-8H2,1-3H3. The molecular weight excluding hydrogens is 213 g/mol. The summed E-state index contributed by atoms with van der Waals surface area (Å²) in [5.74, 6) is 1.50. The van der Waals surface area contributed by atoms with Gasteiger partial charge in [-0.05, 0) is 31.1 Å². The Kier molecular flexibility index (Phi) is 3.42. The normalized spacial score (nSPS) is 41.1. The molecule has 0 N–H and O–H groups in total. The van der Waals surface area contributed by atoms with Gasteiger partial charge in [-0.15, -0.1) is 0 Å². The molecule has 2 radical (unpaired) electrons. The van der Waals surface area contributed by atoms with E-state index in [-0.39, 0.29) is 17.4 Å². The minimum Gasteiger partial charge on any atom is -0.453 e. The number of rotatable bonds is 1. The lowest BCUT2D eigenvalue weighted by atomic mass is 9.52. The average Bonchev–Trinajstić information content (AvgIpc) is 2.28. The summed E-state index contributed by atoms with van der Waals surface area (Å²) in [6.07, 6.45) is 3.84. The minimum absolute atomic E-state index is 0.0150. The molecule has 1 aliphatic carbocycles. The van der Waals surface area contributed by atoms with Crippen molar-refractivity contribution in [2.24, 2.45) is 11.8 Å². The second-order valence-corrected chi connectivity index (χ2v) is 5.67. The fraction of sp³-hybridized carbons (Fsp3) is 0.923. The Labute approximate surface area is 105 Å². The van der Waals surface area contributed by atoms with Gasteiger partial charge in [0.05, 0.1) is 15.0 Å². The summed E-state index contributed by atoms with van der Waals surface area (Å²) in [5, 5.41) is 0. The van der Waals surface area contributed by atoms with Gasteiger partial charge in [-0.3, -0.25) is 0 Å². The fourth-order valence-electron chi connectivity index (χ4n) is 4.11. The third-order valence-electron chi connectivity index (χ3n) is 4.76. The summed E-state index contributed by atoms with van der Waals surface area (Å²) < 4.78 is 4.93. The largest absolute Gasteiger partial charge is 0.453 e. The molecule has 4 unspecified atom stereocenters. The third-order valence-corrected chi connectivity index (χ3v) is 4.76. The molecule has 1 amide bonds. The van der Waals surface area contributed by atoms with Gasteiger partial charge in [-0.25, -0.2) is 4.79 Å². The summed E-state index contributed by atoms with van der Waals surface area (Å²) in [6, 6.07) is 0. The van der Waals surface area contributed by atoms with E-state index < -0.39 is 0 Å². The van der Waals surface area contributed by atoms with Gasteiger partial charge in [0, 0.05) is 12.1 Å². The summed E-state index contributed by atoms with van der Waals surface area (Å²) in [6.45, 7) is 5.23. The maximum absolute atomic E-state index is 11.9. The van der Waals surface area contributed by atoms with E-state index in [2.05, 4.69) is 13.8 Å². The van der Waals surface area contributed by atoms with Crippen LogP contribution >= 0.6 is 0 Å². The Bertz CT molecular complexity index is 310. The molecule has 0 bridgehead atoms. The van der Waals surface area contributed by atoms with Crippen molar-refractivity contribution < 1.29 is 9.53 Å². The first kappa shape index (κ1) is 12.8. The predicted octanol–water partition coefficient (Wildman–Crippen LogP) is 2.61. The number of piperidine rings is 1. The van der Waals surface area contributed by atoms with Gasteiger partial charge in [0.1, 0.15) is 0 Å². The number of likely N-dealkylation sites (tertiary alicyclic amines) is 1. The van der Waals surface area contributed by atoms with E-state index in [0.29, 0.717) is 11.8 Å². The van der Waals surface area contributed by atoms with Crippen LogP contribution < -0.4 is 0 Å². The van der Waals surface area contributed by atoms with E-state index in [4.69, 9.17) is 12.6 Å². The first-order valence-electron chi connectivity index (χ1n) is 6.66. The highest BCUT2D eigenvalue weighted by Gasteiger charge is 2.57. The number of hydrogen-bond acceptors (Lipinski definition) is 2. The predicted molar refractivity (Wildman–Crippen MR) is 68.1 cm³/mol. The molecule has 0 aromatic heterocycles. The highest BCUT2D eigenvalue weighted by atomic mass is 16.5. The van der Waals surface area contributed by atoms with Crippen molar-refractivity contribution >= 4 is 13.9 Å². The molecule has 0 aromatic rings. The molecule has 2 aliphatic rings. The Balaban J connectivity index is 2.23. The van der Waals surface area contributed by atoms with Crippen LogP contribution in [0.1, 0.15) is 39.5 Å². The number of nitrogens with zero attached hydrogens (tertiary/aromatic N) is 1. The molecule has 1 saturated carbocycles. The summed E-state index contributed by atoms with van der Waals surface area (Å²) in [4.78, 5) is 13.9. The lowest BCUT2D eigenvalue weighted by molar-refractivity contribution is -0.0963. The van der Waals surface area contributed by atoms with E-state index in [1.807, 2.05) is 4.90 Å². The number of carbonyl (C=O) groups excluding carboxylic acids is 1. The first-order chi connectivity index (χ1) is 8.05. The zero-order valence-electron chi connectivity index (χ0n) is 11.1. The Hall–Kier alpha value is -0.665. The van der Waals surface area contributed by atoms with Crippen LogP contribution in [-0.4, -0.2) is 38.0 Å². The lowest BCUT2D eigenvalue weighted by Crippen LogP contribution is -2.67. The number of hydrogen-bond donors (Lipinski definition) is 0. The number of ether oxygens (including phenoxy) is 1. The number of amides is 1. The molecule has 1 heterocycles. The van der Waals surface area contributed by atoms with E-state index in [1.165, 1.54) is 7.11 Å². The third kappa shape index (κ3) is 1.86. The van der Waals surface area contributed by atoms with Crippen LogP contribution in [-0.2, 0) is 4.74 Å². The molecule has 4 atom stereocenters. The minimum atomic E-state index is -0.178. The molecule has 94 valence electrons. The maximum atomic E-state index is 11.9. The van der Waals surface area contributed by atoms with Crippen molar-refractivity contribution in [2.45, 2.75) is 50.9 Å². The first-order valence-corrected chi connectivity index (χ1v) is 6.66. The van der Waals surface area contributed by atoms with E-state index in [0.717, 1.165) is 32.2 Å². The van der Waals surface area contributed by atoms with Crippen molar-refractivity contribution in [2.75, 3.05) is 13.7 Å². The van der Waals surface area contributed by atoms with Gasteiger partial charge < -0.3 is 9.64 Å². The Morgan fingerprint density at radius 3 is 2.76 bits per heavy atom. The molecule has 0 aromatic carbocycles.